The molecule has 0 radical (unpaired) electrons. The lowest BCUT2D eigenvalue weighted by Gasteiger charge is -2.21. The molecule has 0 saturated heterocycles. The molecular formula is C14H26. The average Bonchev–Trinajstić information content (AvgIpc) is 2.07. The van der Waals surface area contributed by atoms with Gasteiger partial charge in [-0.15, -0.1) is 0 Å². The summed E-state index contributed by atoms with van der Waals surface area (Å²) in [5.41, 5.74) is 3.12. The van der Waals surface area contributed by atoms with Crippen molar-refractivity contribution in [3.8, 4) is 0 Å². The van der Waals surface area contributed by atoms with Gasteiger partial charge in [-0.25, -0.2) is 0 Å². The fourth-order valence-electron chi connectivity index (χ4n) is 1.41. The molecule has 0 nitrogen and oxygen atoms in total. The SMILES string of the molecule is C.CC.Cc1ccccc1C(C)(C)C. The van der Waals surface area contributed by atoms with Crippen LogP contribution < -0.4 is 0 Å². The van der Waals surface area contributed by atoms with Crippen LogP contribution in [-0.2, 0) is 5.41 Å². The van der Waals surface area contributed by atoms with E-state index in [0.717, 1.165) is 0 Å². The van der Waals surface area contributed by atoms with Gasteiger partial charge in [-0.05, 0) is 23.5 Å². The standard InChI is InChI=1S/C11H16.C2H6.CH4/c1-9-7-5-6-8-10(9)11(2,3)4;1-2;/h5-8H,1-4H3;1-2H3;1H4. The Kier molecular flexibility index (Phi) is 7.44. The predicted octanol–water partition coefficient (Wildman–Crippen LogP) is 4.95. The summed E-state index contributed by atoms with van der Waals surface area (Å²) < 4.78 is 0. The zero-order valence-electron chi connectivity index (χ0n) is 9.81. The minimum Gasteiger partial charge on any atom is -0.0776 e. The van der Waals surface area contributed by atoms with E-state index in [4.69, 9.17) is 0 Å². The lowest BCUT2D eigenvalue weighted by atomic mass is 9.84. The van der Waals surface area contributed by atoms with Crippen LogP contribution in [0.2, 0.25) is 0 Å². The predicted molar refractivity (Wildman–Crippen MR) is 68.0 cm³/mol. The van der Waals surface area contributed by atoms with Gasteiger partial charge in [0.1, 0.15) is 0 Å². The van der Waals surface area contributed by atoms with E-state index in [1.165, 1.54) is 11.1 Å². The summed E-state index contributed by atoms with van der Waals surface area (Å²) in [6.07, 6.45) is 0. The minimum atomic E-state index is 0. The summed E-state index contributed by atoms with van der Waals surface area (Å²) in [7, 11) is 0. The first-order valence-electron chi connectivity index (χ1n) is 5.08. The lowest BCUT2D eigenvalue weighted by molar-refractivity contribution is 0.586. The van der Waals surface area contributed by atoms with E-state index in [9.17, 15) is 0 Å². The van der Waals surface area contributed by atoms with Crippen molar-refractivity contribution in [2.75, 3.05) is 0 Å². The van der Waals surface area contributed by atoms with Gasteiger partial charge in [-0.2, -0.15) is 0 Å². The molecule has 0 aromatic heterocycles. The van der Waals surface area contributed by atoms with E-state index in [0.29, 0.717) is 0 Å². The second kappa shape index (κ2) is 6.64. The molecule has 82 valence electrons. The third-order valence-electron chi connectivity index (χ3n) is 1.95. The molecule has 0 amide bonds. The molecule has 0 aliphatic rings. The lowest BCUT2D eigenvalue weighted by Crippen LogP contribution is -2.12. The molecular weight excluding hydrogens is 168 g/mol. The monoisotopic (exact) mass is 194 g/mol. The van der Waals surface area contributed by atoms with Gasteiger partial charge in [0.25, 0.3) is 0 Å². The van der Waals surface area contributed by atoms with E-state index in [-0.39, 0.29) is 12.8 Å². The summed E-state index contributed by atoms with van der Waals surface area (Å²) in [5.74, 6) is 0. The Bertz CT molecular complexity index is 240. The third-order valence-corrected chi connectivity index (χ3v) is 1.95. The van der Waals surface area contributed by atoms with Crippen LogP contribution in [0.3, 0.4) is 0 Å². The Hall–Kier alpha value is -0.780. The van der Waals surface area contributed by atoms with Crippen LogP contribution in [0.25, 0.3) is 0 Å². The van der Waals surface area contributed by atoms with E-state index in [2.05, 4.69) is 52.0 Å². The molecule has 0 N–H and O–H groups in total. The highest BCUT2D eigenvalue weighted by Gasteiger charge is 2.14. The fourth-order valence-corrected chi connectivity index (χ4v) is 1.41. The molecule has 0 unspecified atom stereocenters. The second-order valence-electron chi connectivity index (χ2n) is 4.06. The molecule has 14 heavy (non-hydrogen) atoms. The minimum absolute atomic E-state index is 0. The van der Waals surface area contributed by atoms with Crippen molar-refractivity contribution in [1.29, 1.82) is 0 Å². The zero-order chi connectivity index (χ0) is 10.5. The molecule has 0 heteroatoms. The van der Waals surface area contributed by atoms with Gasteiger partial charge in [-0.3, -0.25) is 0 Å². The summed E-state index contributed by atoms with van der Waals surface area (Å²) in [6.45, 7) is 12.9. The van der Waals surface area contributed by atoms with Gasteiger partial charge >= 0.3 is 0 Å². The number of hydrogen-bond donors (Lipinski definition) is 0. The molecule has 1 aromatic rings. The van der Waals surface area contributed by atoms with Crippen LogP contribution >= 0.6 is 0 Å². The van der Waals surface area contributed by atoms with E-state index < -0.39 is 0 Å². The van der Waals surface area contributed by atoms with Crippen LogP contribution in [0.5, 0.6) is 0 Å². The Morgan fingerprint density at radius 3 is 1.64 bits per heavy atom. The second-order valence-corrected chi connectivity index (χ2v) is 4.06. The van der Waals surface area contributed by atoms with Crippen molar-refractivity contribution >= 4 is 0 Å². The number of hydrogen-bond acceptors (Lipinski definition) is 0. The highest BCUT2D eigenvalue weighted by atomic mass is 14.2. The summed E-state index contributed by atoms with van der Waals surface area (Å²) in [5, 5.41) is 0. The normalized spacial score (nSPS) is 9.57. The van der Waals surface area contributed by atoms with Crippen LogP contribution in [-0.4, -0.2) is 0 Å². The van der Waals surface area contributed by atoms with E-state index >= 15 is 0 Å². The molecule has 0 aliphatic carbocycles. The van der Waals surface area contributed by atoms with E-state index in [1.807, 2.05) is 13.8 Å². The number of aryl methyl sites for hydroxylation is 1. The van der Waals surface area contributed by atoms with Crippen molar-refractivity contribution in [3.63, 3.8) is 0 Å². The molecule has 1 rings (SSSR count). The highest BCUT2D eigenvalue weighted by Crippen LogP contribution is 2.24. The first kappa shape index (κ1) is 15.7. The van der Waals surface area contributed by atoms with Gasteiger partial charge in [0.2, 0.25) is 0 Å². The van der Waals surface area contributed by atoms with Gasteiger partial charge in [0.05, 0.1) is 0 Å². The molecule has 0 aliphatic heterocycles. The topological polar surface area (TPSA) is 0 Å². The van der Waals surface area contributed by atoms with Crippen LogP contribution in [0.4, 0.5) is 0 Å². The fraction of sp³-hybridized carbons (Fsp3) is 0.571. The molecule has 0 heterocycles. The molecule has 0 fully saturated rings. The van der Waals surface area contributed by atoms with Gasteiger partial charge < -0.3 is 0 Å². The van der Waals surface area contributed by atoms with Gasteiger partial charge in [-0.1, -0.05) is 66.3 Å². The maximum atomic E-state index is 2.25. The van der Waals surface area contributed by atoms with Gasteiger partial charge in [0, 0.05) is 0 Å². The quantitative estimate of drug-likeness (QED) is 0.548. The number of rotatable bonds is 0. The highest BCUT2D eigenvalue weighted by molar-refractivity contribution is 5.31. The Morgan fingerprint density at radius 2 is 1.36 bits per heavy atom. The van der Waals surface area contributed by atoms with E-state index in [1.54, 1.807) is 0 Å². The number of benzene rings is 1. The molecule has 0 spiro atoms. The third kappa shape index (κ3) is 4.45. The first-order valence-corrected chi connectivity index (χ1v) is 5.08. The maximum Gasteiger partial charge on any atom is -0.0129 e. The summed E-state index contributed by atoms with van der Waals surface area (Å²) in [6, 6.07) is 8.56. The molecule has 0 saturated carbocycles. The van der Waals surface area contributed by atoms with Crippen LogP contribution in [0, 0.1) is 6.92 Å². The van der Waals surface area contributed by atoms with Crippen LogP contribution in [0.1, 0.15) is 53.2 Å². The Morgan fingerprint density at radius 1 is 0.929 bits per heavy atom. The molecule has 1 aromatic carbocycles. The van der Waals surface area contributed by atoms with Crippen molar-refractivity contribution in [2.45, 2.75) is 54.4 Å². The van der Waals surface area contributed by atoms with Crippen molar-refractivity contribution in [2.24, 2.45) is 0 Å². The summed E-state index contributed by atoms with van der Waals surface area (Å²) in [4.78, 5) is 0. The van der Waals surface area contributed by atoms with Crippen LogP contribution in [0.15, 0.2) is 24.3 Å². The van der Waals surface area contributed by atoms with Crippen molar-refractivity contribution in [3.05, 3.63) is 35.4 Å². The largest absolute Gasteiger partial charge is 0.0776 e. The van der Waals surface area contributed by atoms with Gasteiger partial charge in [0.15, 0.2) is 0 Å². The Balaban J connectivity index is 0. The first-order chi connectivity index (χ1) is 6.02. The average molecular weight is 194 g/mol. The smallest absolute Gasteiger partial charge is 0.0129 e. The van der Waals surface area contributed by atoms with Crippen molar-refractivity contribution < 1.29 is 0 Å². The molecule has 0 bridgehead atoms. The Labute approximate surface area is 90.4 Å². The molecule has 0 atom stereocenters. The maximum absolute atomic E-state index is 2.25. The van der Waals surface area contributed by atoms with Crippen molar-refractivity contribution in [1.82, 2.24) is 0 Å². The zero-order valence-corrected chi connectivity index (χ0v) is 9.81. The summed E-state index contributed by atoms with van der Waals surface area (Å²) >= 11 is 0.